The molecule has 2 fully saturated rings. The summed E-state index contributed by atoms with van der Waals surface area (Å²) in [5, 5.41) is 17.5. The summed E-state index contributed by atoms with van der Waals surface area (Å²) >= 11 is 5.86. The molecule has 1 heterocycles. The maximum Gasteiger partial charge on any atom is 0.322 e. The molecule has 3 rings (SSSR count). The van der Waals surface area contributed by atoms with E-state index in [1.807, 2.05) is 0 Å². The average molecular weight is 378 g/mol. The van der Waals surface area contributed by atoms with Gasteiger partial charge in [-0.2, -0.15) is 5.10 Å². The van der Waals surface area contributed by atoms with Crippen molar-refractivity contribution in [3.8, 4) is 0 Å². The predicted octanol–water partition coefficient (Wildman–Crippen LogP) is -0.958. The van der Waals surface area contributed by atoms with Gasteiger partial charge in [0.2, 0.25) is 0 Å². The first-order valence-corrected chi connectivity index (χ1v) is 8.37. The van der Waals surface area contributed by atoms with E-state index in [0.717, 1.165) is 19.1 Å². The lowest BCUT2D eigenvalue weighted by atomic mass is 9.93. The van der Waals surface area contributed by atoms with E-state index in [1.54, 1.807) is 24.3 Å². The van der Waals surface area contributed by atoms with Crippen LogP contribution in [0.5, 0.6) is 0 Å². The second kappa shape index (κ2) is 7.12. The van der Waals surface area contributed by atoms with Crippen molar-refractivity contribution < 1.29 is 19.8 Å². The van der Waals surface area contributed by atoms with Crippen LogP contribution in [0.3, 0.4) is 0 Å². The third-order valence-corrected chi connectivity index (χ3v) is 4.49. The number of anilines is 1. The number of benzene rings is 1. The van der Waals surface area contributed by atoms with E-state index in [-0.39, 0.29) is 18.2 Å². The SMILES string of the molecule is [NH2+]=C(C=NNc1cccc(Cl)c1)C(=O)NC[C@@]1(C2CC2)NC(=O)NC1=O. The quantitative estimate of drug-likeness (QED) is 0.237. The van der Waals surface area contributed by atoms with E-state index < -0.39 is 23.4 Å². The van der Waals surface area contributed by atoms with Crippen molar-refractivity contribution in [3.63, 3.8) is 0 Å². The van der Waals surface area contributed by atoms with Gasteiger partial charge in [0.15, 0.2) is 0 Å². The van der Waals surface area contributed by atoms with E-state index in [0.29, 0.717) is 10.7 Å². The molecule has 6 N–H and O–H groups in total. The predicted molar refractivity (Wildman–Crippen MR) is 95.6 cm³/mol. The number of nitrogens with zero attached hydrogens (tertiary/aromatic N) is 1. The topological polar surface area (TPSA) is 137 Å². The monoisotopic (exact) mass is 377 g/mol. The summed E-state index contributed by atoms with van der Waals surface area (Å²) in [6.45, 7) is -0.0374. The summed E-state index contributed by atoms with van der Waals surface area (Å²) in [7, 11) is 0. The van der Waals surface area contributed by atoms with E-state index in [1.165, 1.54) is 0 Å². The number of nitrogens with one attached hydrogen (secondary N) is 4. The number of halogens is 1. The number of imide groups is 1. The molecule has 1 aromatic carbocycles. The Morgan fingerprint density at radius 3 is 2.81 bits per heavy atom. The summed E-state index contributed by atoms with van der Waals surface area (Å²) in [6.07, 6.45) is 2.79. The molecule has 1 saturated carbocycles. The standard InChI is InChI=1S/C16H17ClN6O3/c17-10-2-1-3-11(6-10)23-20-7-12(18)13(24)19-8-16(9-4-5-9)14(25)21-15(26)22-16/h1-3,6-7,9,18,23H,4-5,8H2,(H,19,24)(H2,21,22,25,26)/p+1/t16-/m0/s1. The Labute approximate surface area is 154 Å². The molecule has 1 atom stereocenters. The van der Waals surface area contributed by atoms with Crippen LogP contribution in [0.1, 0.15) is 12.8 Å². The van der Waals surface area contributed by atoms with Gasteiger partial charge in [-0.25, -0.2) is 10.2 Å². The van der Waals surface area contributed by atoms with E-state index >= 15 is 0 Å². The Bertz CT molecular complexity index is 807. The lowest BCUT2D eigenvalue weighted by Gasteiger charge is -2.25. The summed E-state index contributed by atoms with van der Waals surface area (Å²) in [4.78, 5) is 35.7. The van der Waals surface area contributed by atoms with Gasteiger partial charge in [-0.1, -0.05) is 17.7 Å². The van der Waals surface area contributed by atoms with E-state index in [4.69, 9.17) is 17.0 Å². The molecule has 0 unspecified atom stereocenters. The molecule has 0 aromatic heterocycles. The zero-order valence-electron chi connectivity index (χ0n) is 13.7. The summed E-state index contributed by atoms with van der Waals surface area (Å²) in [5.74, 6) is -1.01. The number of hydrogen-bond acceptors (Lipinski definition) is 5. The van der Waals surface area contributed by atoms with Gasteiger partial charge in [0, 0.05) is 5.02 Å². The van der Waals surface area contributed by atoms with E-state index in [9.17, 15) is 14.4 Å². The summed E-state index contributed by atoms with van der Waals surface area (Å²) in [5.41, 5.74) is 2.09. The van der Waals surface area contributed by atoms with Crippen molar-refractivity contribution in [3.05, 3.63) is 29.3 Å². The fourth-order valence-corrected chi connectivity index (χ4v) is 2.94. The van der Waals surface area contributed by atoms with Gasteiger partial charge in [0.1, 0.15) is 11.8 Å². The highest BCUT2D eigenvalue weighted by Crippen LogP contribution is 2.40. The summed E-state index contributed by atoms with van der Waals surface area (Å²) < 4.78 is 0. The van der Waals surface area contributed by atoms with Gasteiger partial charge < -0.3 is 10.6 Å². The van der Waals surface area contributed by atoms with Gasteiger partial charge in [-0.15, -0.1) is 0 Å². The van der Waals surface area contributed by atoms with E-state index in [2.05, 4.69) is 26.5 Å². The first-order chi connectivity index (χ1) is 12.4. The number of rotatable bonds is 7. The Kier molecular flexibility index (Phi) is 4.90. The molecule has 26 heavy (non-hydrogen) atoms. The van der Waals surface area contributed by atoms with Crippen LogP contribution in [0.25, 0.3) is 0 Å². The second-order valence-corrected chi connectivity index (χ2v) is 6.61. The highest BCUT2D eigenvalue weighted by atomic mass is 35.5. The van der Waals surface area contributed by atoms with Gasteiger partial charge in [0.05, 0.1) is 12.2 Å². The van der Waals surface area contributed by atoms with Crippen molar-refractivity contribution in [2.24, 2.45) is 11.0 Å². The molecule has 0 radical (unpaired) electrons. The van der Waals surface area contributed by atoms with Crippen LogP contribution in [0, 0.1) is 5.92 Å². The Balaban J connectivity index is 1.54. The van der Waals surface area contributed by atoms with Crippen LogP contribution in [0.4, 0.5) is 10.5 Å². The molecule has 2 aliphatic rings. The minimum atomic E-state index is -1.11. The number of carbonyl (C=O) groups is 3. The lowest BCUT2D eigenvalue weighted by Crippen LogP contribution is -2.59. The maximum atomic E-state index is 12.1. The van der Waals surface area contributed by atoms with Gasteiger partial charge in [0.25, 0.3) is 11.6 Å². The lowest BCUT2D eigenvalue weighted by molar-refractivity contribution is -0.134. The second-order valence-electron chi connectivity index (χ2n) is 6.17. The molecule has 1 saturated heterocycles. The molecule has 0 bridgehead atoms. The van der Waals surface area contributed by atoms with Crippen LogP contribution >= 0.6 is 11.6 Å². The first-order valence-electron chi connectivity index (χ1n) is 7.99. The third kappa shape index (κ3) is 3.83. The Morgan fingerprint density at radius 1 is 1.42 bits per heavy atom. The Hall–Kier alpha value is -2.94. The number of amides is 4. The normalized spacial score (nSPS) is 22.0. The fraction of sp³-hybridized carbons (Fsp3) is 0.312. The van der Waals surface area contributed by atoms with Crippen molar-refractivity contribution in [1.82, 2.24) is 16.0 Å². The highest BCUT2D eigenvalue weighted by molar-refractivity contribution is 6.58. The molecule has 1 aromatic rings. The zero-order chi connectivity index (χ0) is 18.7. The van der Waals surface area contributed by atoms with Crippen LogP contribution in [-0.2, 0) is 9.59 Å². The number of urea groups is 1. The van der Waals surface area contributed by atoms with Crippen molar-refractivity contribution in [1.29, 1.82) is 0 Å². The fourth-order valence-electron chi connectivity index (χ4n) is 2.75. The smallest absolute Gasteiger partial charge is 0.322 e. The summed E-state index contributed by atoms with van der Waals surface area (Å²) in [6, 6.07) is 6.33. The van der Waals surface area contributed by atoms with Crippen molar-refractivity contribution >= 4 is 47.1 Å². The van der Waals surface area contributed by atoms with Crippen molar-refractivity contribution in [2.75, 3.05) is 12.0 Å². The van der Waals surface area contributed by atoms with Crippen LogP contribution in [0.2, 0.25) is 5.02 Å². The molecule has 1 aliphatic carbocycles. The van der Waals surface area contributed by atoms with Gasteiger partial charge in [-0.05, 0) is 37.0 Å². The molecule has 0 spiro atoms. The number of hydrazone groups is 1. The maximum absolute atomic E-state index is 12.1. The van der Waals surface area contributed by atoms with Gasteiger partial charge >= 0.3 is 11.9 Å². The third-order valence-electron chi connectivity index (χ3n) is 4.25. The molecule has 136 valence electrons. The number of carbonyl (C=O) groups excluding carboxylic acids is 3. The minimum absolute atomic E-state index is 0.00800. The highest BCUT2D eigenvalue weighted by Gasteiger charge is 2.56. The van der Waals surface area contributed by atoms with Crippen LogP contribution in [-0.4, -0.2) is 41.9 Å². The van der Waals surface area contributed by atoms with Crippen LogP contribution < -0.4 is 26.8 Å². The minimum Gasteiger partial charge on any atom is -0.344 e. The molecule has 4 amide bonds. The molecule has 1 aliphatic heterocycles. The number of hydrogen-bond donors (Lipinski definition) is 5. The number of nitrogens with two attached hydrogens (primary N) is 1. The largest absolute Gasteiger partial charge is 0.344 e. The van der Waals surface area contributed by atoms with Crippen molar-refractivity contribution in [2.45, 2.75) is 18.4 Å². The zero-order valence-corrected chi connectivity index (χ0v) is 14.5. The van der Waals surface area contributed by atoms with Crippen LogP contribution in [0.15, 0.2) is 29.4 Å². The first kappa shape index (κ1) is 17.9. The Morgan fingerprint density at radius 2 is 2.19 bits per heavy atom. The average Bonchev–Trinajstić information content (AvgIpc) is 3.39. The van der Waals surface area contributed by atoms with Gasteiger partial charge in [-0.3, -0.25) is 20.3 Å². The molecule has 9 nitrogen and oxygen atoms in total. The molecular formula is C16H18ClN6O3+. The molecular weight excluding hydrogens is 360 g/mol. The molecule has 10 heteroatoms.